The number of nitrogens with one attached hydrogen (secondary N) is 2. The second-order valence-electron chi connectivity index (χ2n) is 5.16. The number of rotatable bonds is 8. The molecule has 0 aliphatic heterocycles. The second kappa shape index (κ2) is 12.2. The van der Waals surface area contributed by atoms with Gasteiger partial charge < -0.3 is 29.7 Å². The Balaban J connectivity index is 0.00000625. The topological polar surface area (TPSA) is 84.4 Å². The quantitative estimate of drug-likeness (QED) is 0.257. The van der Waals surface area contributed by atoms with Gasteiger partial charge in [-0.2, -0.15) is 0 Å². The molecule has 0 saturated heterocycles. The van der Waals surface area contributed by atoms with E-state index in [1.54, 1.807) is 53.6 Å². The van der Waals surface area contributed by atoms with Crippen LogP contribution in [0.2, 0.25) is 0 Å². The molecule has 0 radical (unpaired) electrons. The molecule has 0 unspecified atom stereocenters. The molecule has 1 aromatic rings. The number of carbonyl (C=O) groups is 1. The summed E-state index contributed by atoms with van der Waals surface area (Å²) in [4.78, 5) is 17.5. The van der Waals surface area contributed by atoms with Crippen molar-refractivity contribution in [3.8, 4) is 17.2 Å². The van der Waals surface area contributed by atoms with Crippen LogP contribution in [0.25, 0.3) is 0 Å². The van der Waals surface area contributed by atoms with E-state index in [2.05, 4.69) is 22.2 Å². The van der Waals surface area contributed by atoms with E-state index in [1.165, 1.54) is 4.90 Å². The lowest BCUT2D eigenvalue weighted by molar-refractivity contribution is -0.127. The minimum atomic E-state index is -0.107. The number of methoxy groups -OCH3 is 3. The van der Waals surface area contributed by atoms with Crippen LogP contribution >= 0.6 is 24.0 Å². The van der Waals surface area contributed by atoms with E-state index < -0.39 is 0 Å². The van der Waals surface area contributed by atoms with Gasteiger partial charge in [-0.05, 0) is 0 Å². The average molecular weight is 478 g/mol. The van der Waals surface area contributed by atoms with Crippen LogP contribution in [0.15, 0.2) is 29.8 Å². The molecule has 0 aromatic heterocycles. The molecule has 0 aliphatic rings. The molecule has 0 saturated carbocycles. The highest BCUT2D eigenvalue weighted by atomic mass is 127. The first-order chi connectivity index (χ1) is 12.0. The predicted molar refractivity (Wildman–Crippen MR) is 114 cm³/mol. The Hall–Kier alpha value is -2.17. The summed E-state index contributed by atoms with van der Waals surface area (Å²) in [5.74, 6) is 1.85. The maximum Gasteiger partial charge on any atom is 0.243 e. The summed E-state index contributed by atoms with van der Waals surface area (Å²) in [5, 5.41) is 6.17. The van der Waals surface area contributed by atoms with Gasteiger partial charge in [0.25, 0.3) is 0 Å². The van der Waals surface area contributed by atoms with Gasteiger partial charge in [-0.25, -0.2) is 4.99 Å². The highest BCUT2D eigenvalue weighted by Gasteiger charge is 2.14. The van der Waals surface area contributed by atoms with Crippen molar-refractivity contribution >= 4 is 41.5 Å². The average Bonchev–Trinajstić information content (AvgIpc) is 2.62. The minimum absolute atomic E-state index is 0. The summed E-state index contributed by atoms with van der Waals surface area (Å²) in [6.45, 7) is 4.17. The summed E-state index contributed by atoms with van der Waals surface area (Å²) in [6.07, 6.45) is 1.69. The van der Waals surface area contributed by atoms with Crippen LogP contribution in [0, 0.1) is 0 Å². The molecule has 2 N–H and O–H groups in total. The van der Waals surface area contributed by atoms with Gasteiger partial charge in [-0.1, -0.05) is 6.08 Å². The molecular weight excluding hydrogens is 451 g/mol. The highest BCUT2D eigenvalue weighted by molar-refractivity contribution is 14.0. The number of nitrogens with zero attached hydrogens (tertiary/aromatic N) is 2. The van der Waals surface area contributed by atoms with Crippen molar-refractivity contribution in [1.82, 2.24) is 10.2 Å². The van der Waals surface area contributed by atoms with Crippen molar-refractivity contribution < 1.29 is 19.0 Å². The molecule has 26 heavy (non-hydrogen) atoms. The standard InChI is InChI=1S/C17H26N4O4.HI/c1-7-8-18-17(19-11-15(22)21(2)3)20-12-9-13(23-4)16(25-6)14(10-12)24-5;/h7,9-10H,1,8,11H2,2-6H3,(H2,18,19,20);1H. The fourth-order valence-corrected chi connectivity index (χ4v) is 1.89. The SMILES string of the molecule is C=CCNC(=NCC(=O)N(C)C)Nc1cc(OC)c(OC)c(OC)c1.I. The summed E-state index contributed by atoms with van der Waals surface area (Å²) < 4.78 is 16.0. The Labute approximate surface area is 171 Å². The molecule has 8 nitrogen and oxygen atoms in total. The van der Waals surface area contributed by atoms with Crippen molar-refractivity contribution in [1.29, 1.82) is 0 Å². The minimum Gasteiger partial charge on any atom is -0.493 e. The number of carbonyl (C=O) groups excluding carboxylic acids is 1. The van der Waals surface area contributed by atoms with E-state index in [1.807, 2.05) is 0 Å². The molecule has 0 fully saturated rings. The third kappa shape index (κ3) is 6.98. The number of hydrogen-bond donors (Lipinski definition) is 2. The Morgan fingerprint density at radius 1 is 1.19 bits per heavy atom. The smallest absolute Gasteiger partial charge is 0.243 e. The molecule has 0 bridgehead atoms. The molecule has 0 atom stereocenters. The third-order valence-corrected chi connectivity index (χ3v) is 3.21. The van der Waals surface area contributed by atoms with Crippen LogP contribution < -0.4 is 24.8 Å². The van der Waals surface area contributed by atoms with E-state index in [0.717, 1.165) is 0 Å². The van der Waals surface area contributed by atoms with E-state index in [4.69, 9.17) is 14.2 Å². The number of halogens is 1. The van der Waals surface area contributed by atoms with Gasteiger partial charge in [-0.15, -0.1) is 30.6 Å². The zero-order valence-electron chi connectivity index (χ0n) is 15.8. The molecule has 1 rings (SSSR count). The van der Waals surface area contributed by atoms with Crippen LogP contribution in [0.4, 0.5) is 5.69 Å². The Bertz CT molecular complexity index is 610. The Morgan fingerprint density at radius 2 is 1.77 bits per heavy atom. The fourth-order valence-electron chi connectivity index (χ4n) is 1.89. The third-order valence-electron chi connectivity index (χ3n) is 3.21. The van der Waals surface area contributed by atoms with Crippen LogP contribution in [-0.2, 0) is 4.79 Å². The molecule has 0 spiro atoms. The van der Waals surface area contributed by atoms with Crippen LogP contribution in [0.1, 0.15) is 0 Å². The van der Waals surface area contributed by atoms with Crippen molar-refractivity contribution in [2.24, 2.45) is 4.99 Å². The van der Waals surface area contributed by atoms with Crippen LogP contribution in [-0.4, -0.2) is 65.3 Å². The molecule has 0 aliphatic carbocycles. The van der Waals surface area contributed by atoms with E-state index in [-0.39, 0.29) is 36.4 Å². The van der Waals surface area contributed by atoms with E-state index in [9.17, 15) is 4.79 Å². The first kappa shape index (κ1) is 23.8. The zero-order chi connectivity index (χ0) is 18.8. The largest absolute Gasteiger partial charge is 0.493 e. The van der Waals surface area contributed by atoms with Gasteiger partial charge in [0.2, 0.25) is 11.7 Å². The lowest BCUT2D eigenvalue weighted by Crippen LogP contribution is -2.33. The van der Waals surface area contributed by atoms with Gasteiger partial charge in [0.05, 0.1) is 21.3 Å². The Kier molecular flexibility index (Phi) is 11.2. The van der Waals surface area contributed by atoms with Gasteiger partial charge in [0.1, 0.15) is 6.54 Å². The van der Waals surface area contributed by atoms with Crippen molar-refractivity contribution in [2.75, 3.05) is 53.8 Å². The first-order valence-electron chi connectivity index (χ1n) is 7.63. The maximum absolute atomic E-state index is 11.7. The molecule has 9 heteroatoms. The normalized spacial score (nSPS) is 10.3. The van der Waals surface area contributed by atoms with Crippen LogP contribution in [0.3, 0.4) is 0 Å². The number of ether oxygens (including phenoxy) is 3. The number of likely N-dealkylation sites (N-methyl/N-ethyl adjacent to an activating group) is 1. The first-order valence-corrected chi connectivity index (χ1v) is 7.63. The number of guanidine groups is 1. The maximum atomic E-state index is 11.7. The number of anilines is 1. The van der Waals surface area contributed by atoms with Gasteiger partial charge in [0, 0.05) is 38.5 Å². The predicted octanol–water partition coefficient (Wildman–Crippen LogP) is 1.96. The number of benzene rings is 1. The Morgan fingerprint density at radius 3 is 2.19 bits per heavy atom. The lowest BCUT2D eigenvalue weighted by Gasteiger charge is -2.16. The molecule has 146 valence electrons. The molecule has 1 amide bonds. The monoisotopic (exact) mass is 478 g/mol. The van der Waals surface area contributed by atoms with E-state index >= 15 is 0 Å². The second-order valence-corrected chi connectivity index (χ2v) is 5.16. The number of aliphatic imine (C=N–C) groups is 1. The fraction of sp³-hybridized carbons (Fsp3) is 0.412. The zero-order valence-corrected chi connectivity index (χ0v) is 18.1. The van der Waals surface area contributed by atoms with Crippen LogP contribution in [0.5, 0.6) is 17.2 Å². The number of amides is 1. The number of hydrogen-bond acceptors (Lipinski definition) is 5. The summed E-state index contributed by atoms with van der Waals surface area (Å²) in [5.41, 5.74) is 0.669. The highest BCUT2D eigenvalue weighted by Crippen LogP contribution is 2.39. The molecule has 1 aromatic carbocycles. The van der Waals surface area contributed by atoms with Gasteiger partial charge in [-0.3, -0.25) is 4.79 Å². The van der Waals surface area contributed by atoms with Crippen molar-refractivity contribution in [3.63, 3.8) is 0 Å². The van der Waals surface area contributed by atoms with Gasteiger partial charge in [0.15, 0.2) is 17.5 Å². The van der Waals surface area contributed by atoms with E-state index in [0.29, 0.717) is 35.4 Å². The summed E-state index contributed by atoms with van der Waals surface area (Å²) in [6, 6.07) is 3.50. The summed E-state index contributed by atoms with van der Waals surface area (Å²) in [7, 11) is 7.99. The van der Waals surface area contributed by atoms with Crippen molar-refractivity contribution in [3.05, 3.63) is 24.8 Å². The lowest BCUT2D eigenvalue weighted by atomic mass is 10.2. The van der Waals surface area contributed by atoms with Gasteiger partial charge >= 0.3 is 0 Å². The summed E-state index contributed by atoms with van der Waals surface area (Å²) >= 11 is 0. The molecular formula is C17H27IN4O4. The van der Waals surface area contributed by atoms with Crippen molar-refractivity contribution in [2.45, 2.75) is 0 Å². The molecule has 0 heterocycles.